The molecule has 0 fully saturated rings. The third-order valence-corrected chi connectivity index (χ3v) is 5.39. The highest BCUT2D eigenvalue weighted by Gasteiger charge is 2.19. The summed E-state index contributed by atoms with van der Waals surface area (Å²) in [6.45, 7) is 0.0817. The number of hydrogen-bond donors (Lipinski definition) is 2. The molecular formula is C25H17ClN4O3. The lowest BCUT2D eigenvalue weighted by Gasteiger charge is -2.18. The Morgan fingerprint density at radius 3 is 2.58 bits per heavy atom. The van der Waals surface area contributed by atoms with Crippen LogP contribution in [0.5, 0.6) is 5.75 Å². The van der Waals surface area contributed by atoms with E-state index in [1.54, 1.807) is 42.6 Å². The molecule has 0 unspecified atom stereocenters. The van der Waals surface area contributed by atoms with Crippen LogP contribution in [-0.2, 0) is 4.79 Å². The minimum Gasteiger partial charge on any atom is -0.488 e. The molecule has 8 heteroatoms. The van der Waals surface area contributed by atoms with Crippen LogP contribution in [-0.4, -0.2) is 28.4 Å². The van der Waals surface area contributed by atoms with Crippen molar-refractivity contribution in [1.82, 2.24) is 20.8 Å². The van der Waals surface area contributed by atoms with E-state index in [1.165, 1.54) is 0 Å². The van der Waals surface area contributed by atoms with E-state index >= 15 is 0 Å². The van der Waals surface area contributed by atoms with Crippen LogP contribution in [0.25, 0.3) is 28.4 Å². The fraction of sp³-hybridized carbons (Fsp3) is 0.0400. The Hall–Kier alpha value is -4.23. The number of hydrogen-bond acceptors (Lipinski definition) is 5. The van der Waals surface area contributed by atoms with E-state index in [1.807, 2.05) is 36.4 Å². The molecule has 0 saturated carbocycles. The van der Waals surface area contributed by atoms with Crippen molar-refractivity contribution in [3.8, 4) is 17.1 Å². The van der Waals surface area contributed by atoms with Crippen molar-refractivity contribution >= 4 is 40.4 Å². The van der Waals surface area contributed by atoms with Crippen LogP contribution in [0.2, 0.25) is 5.02 Å². The summed E-state index contributed by atoms with van der Waals surface area (Å²) in [7, 11) is 0. The summed E-state index contributed by atoms with van der Waals surface area (Å²) in [5.74, 6) is -0.303. The zero-order chi connectivity index (χ0) is 22.8. The van der Waals surface area contributed by atoms with E-state index in [0.29, 0.717) is 49.8 Å². The smallest absolute Gasteiger partial charge is 0.270 e. The van der Waals surface area contributed by atoms with Crippen LogP contribution in [0.1, 0.15) is 15.9 Å². The van der Waals surface area contributed by atoms with Crippen molar-refractivity contribution in [2.24, 2.45) is 0 Å². The topological polar surface area (TPSA) is 93.2 Å². The molecular weight excluding hydrogens is 440 g/mol. The minimum absolute atomic E-state index is 0.0817. The Labute approximate surface area is 194 Å². The molecule has 4 aromatic rings. The number of hydrazine groups is 1. The van der Waals surface area contributed by atoms with E-state index in [-0.39, 0.29) is 6.61 Å². The van der Waals surface area contributed by atoms with Gasteiger partial charge in [-0.2, -0.15) is 0 Å². The molecule has 0 radical (unpaired) electrons. The fourth-order valence-corrected chi connectivity index (χ4v) is 3.73. The highest BCUT2D eigenvalue weighted by molar-refractivity contribution is 6.30. The Kier molecular flexibility index (Phi) is 5.46. The Morgan fingerprint density at radius 2 is 1.73 bits per heavy atom. The van der Waals surface area contributed by atoms with Crippen LogP contribution >= 0.6 is 11.6 Å². The molecule has 33 heavy (non-hydrogen) atoms. The van der Waals surface area contributed by atoms with Crippen molar-refractivity contribution in [2.45, 2.75) is 0 Å². The molecule has 3 heterocycles. The molecule has 5 rings (SSSR count). The molecule has 0 atom stereocenters. The van der Waals surface area contributed by atoms with E-state index in [0.717, 1.165) is 0 Å². The van der Waals surface area contributed by atoms with E-state index in [2.05, 4.69) is 20.8 Å². The second kappa shape index (κ2) is 8.72. The predicted molar refractivity (Wildman–Crippen MR) is 126 cm³/mol. The number of halogens is 1. The van der Waals surface area contributed by atoms with Crippen LogP contribution < -0.4 is 15.6 Å². The van der Waals surface area contributed by atoms with Crippen molar-refractivity contribution in [3.63, 3.8) is 0 Å². The van der Waals surface area contributed by atoms with Crippen molar-refractivity contribution in [1.29, 1.82) is 0 Å². The summed E-state index contributed by atoms with van der Waals surface area (Å²) in [4.78, 5) is 34.6. The van der Waals surface area contributed by atoms with Gasteiger partial charge in [0.1, 0.15) is 12.4 Å². The molecule has 7 nitrogen and oxygen atoms in total. The largest absolute Gasteiger partial charge is 0.488 e. The highest BCUT2D eigenvalue weighted by atomic mass is 35.5. The van der Waals surface area contributed by atoms with E-state index < -0.39 is 11.8 Å². The van der Waals surface area contributed by atoms with Gasteiger partial charge in [-0.05, 0) is 48.5 Å². The molecule has 2 aromatic heterocycles. The van der Waals surface area contributed by atoms with Crippen molar-refractivity contribution < 1.29 is 14.3 Å². The maximum Gasteiger partial charge on any atom is 0.270 e. The van der Waals surface area contributed by atoms with Crippen LogP contribution in [0.3, 0.4) is 0 Å². The standard InChI is InChI=1S/C25H17ClN4O3/c26-17-8-9-23-15(12-17)11-16(14-33-23)24(31)29-30-25(32)19-13-22(21-7-3-4-10-27-21)28-20-6-2-1-5-18(19)20/h1-13H,14H2,(H,29,31)(H,30,32). The summed E-state index contributed by atoms with van der Waals surface area (Å²) >= 11 is 6.03. The van der Waals surface area contributed by atoms with Gasteiger partial charge < -0.3 is 4.74 Å². The van der Waals surface area contributed by atoms with Gasteiger partial charge in [0.05, 0.1) is 28.0 Å². The number of nitrogens with one attached hydrogen (secondary N) is 2. The zero-order valence-corrected chi connectivity index (χ0v) is 18.0. The van der Waals surface area contributed by atoms with Gasteiger partial charge in [0.2, 0.25) is 0 Å². The van der Waals surface area contributed by atoms with Gasteiger partial charge in [0, 0.05) is 22.2 Å². The van der Waals surface area contributed by atoms with Crippen LogP contribution in [0.15, 0.2) is 78.5 Å². The van der Waals surface area contributed by atoms with Crippen molar-refractivity contribution in [3.05, 3.63) is 94.6 Å². The van der Waals surface area contributed by atoms with Gasteiger partial charge in [-0.15, -0.1) is 0 Å². The number of nitrogens with zero attached hydrogens (tertiary/aromatic N) is 2. The number of para-hydroxylation sites is 1. The molecule has 2 aromatic carbocycles. The molecule has 162 valence electrons. The SMILES string of the molecule is O=C(NNC(=O)c1cc(-c2ccccn2)nc2ccccc12)C1=Cc2cc(Cl)ccc2OC1. The Morgan fingerprint density at radius 1 is 0.909 bits per heavy atom. The van der Waals surface area contributed by atoms with E-state index in [9.17, 15) is 9.59 Å². The number of pyridine rings is 2. The first-order valence-corrected chi connectivity index (χ1v) is 10.5. The number of amides is 2. The summed E-state index contributed by atoms with van der Waals surface area (Å²) in [5, 5.41) is 1.20. The monoisotopic (exact) mass is 456 g/mol. The molecule has 2 N–H and O–H groups in total. The second-order valence-corrected chi connectivity index (χ2v) is 7.77. The summed E-state index contributed by atoms with van der Waals surface area (Å²) in [6.07, 6.45) is 3.35. The third-order valence-electron chi connectivity index (χ3n) is 5.15. The number of fused-ring (bicyclic) bond motifs is 2. The lowest BCUT2D eigenvalue weighted by molar-refractivity contribution is -0.118. The number of benzene rings is 2. The first-order valence-electron chi connectivity index (χ1n) is 10.1. The Bertz CT molecular complexity index is 1420. The first kappa shape index (κ1) is 20.7. The Balaban J connectivity index is 1.39. The van der Waals surface area contributed by atoms with Gasteiger partial charge in [0.25, 0.3) is 11.8 Å². The molecule has 1 aliphatic rings. The minimum atomic E-state index is -0.475. The first-order chi connectivity index (χ1) is 16.1. The number of rotatable bonds is 3. The maximum atomic E-state index is 13.0. The molecule has 1 aliphatic heterocycles. The molecule has 0 saturated heterocycles. The summed E-state index contributed by atoms with van der Waals surface area (Å²) < 4.78 is 5.61. The quantitative estimate of drug-likeness (QED) is 0.451. The normalized spacial score (nSPS) is 12.3. The number of carbonyl (C=O) groups is 2. The predicted octanol–water partition coefficient (Wildman–Crippen LogP) is 4.19. The molecule has 0 bridgehead atoms. The second-order valence-electron chi connectivity index (χ2n) is 7.34. The molecule has 0 spiro atoms. The number of aromatic nitrogens is 2. The third kappa shape index (κ3) is 4.26. The molecule has 2 amide bonds. The maximum absolute atomic E-state index is 13.0. The van der Waals surface area contributed by atoms with Crippen molar-refractivity contribution in [2.75, 3.05) is 6.61 Å². The van der Waals surface area contributed by atoms with Gasteiger partial charge in [-0.25, -0.2) is 4.98 Å². The van der Waals surface area contributed by atoms with Gasteiger partial charge in [0.15, 0.2) is 0 Å². The lowest BCUT2D eigenvalue weighted by atomic mass is 10.1. The summed E-state index contributed by atoms with van der Waals surface area (Å²) in [5.41, 5.74) is 8.23. The van der Waals surface area contributed by atoms with E-state index in [4.69, 9.17) is 16.3 Å². The zero-order valence-electron chi connectivity index (χ0n) is 17.2. The lowest BCUT2D eigenvalue weighted by Crippen LogP contribution is -2.43. The highest BCUT2D eigenvalue weighted by Crippen LogP contribution is 2.29. The van der Waals surface area contributed by atoms with Crippen LogP contribution in [0, 0.1) is 0 Å². The number of ether oxygens (including phenoxy) is 1. The average molecular weight is 457 g/mol. The summed E-state index contributed by atoms with van der Waals surface area (Å²) in [6, 6.07) is 19.6. The van der Waals surface area contributed by atoms with Gasteiger partial charge in [-0.1, -0.05) is 35.9 Å². The fourth-order valence-electron chi connectivity index (χ4n) is 3.55. The van der Waals surface area contributed by atoms with Gasteiger partial charge in [-0.3, -0.25) is 25.4 Å². The molecule has 0 aliphatic carbocycles. The average Bonchev–Trinajstić information content (AvgIpc) is 2.86. The van der Waals surface area contributed by atoms with Crippen LogP contribution in [0.4, 0.5) is 0 Å². The van der Waals surface area contributed by atoms with Gasteiger partial charge >= 0.3 is 0 Å². The number of carbonyl (C=O) groups excluding carboxylic acids is 2.